The number of β-amino-alcohol motifs (C(OH)–C–C–N with tert-alkyl or cyclic N) is 1. The van der Waals surface area contributed by atoms with Gasteiger partial charge in [-0.2, -0.15) is 0 Å². The molecule has 1 aliphatic rings. The number of hydrogen-bond donors (Lipinski definition) is 4. The molecule has 0 aliphatic carbocycles. The summed E-state index contributed by atoms with van der Waals surface area (Å²) >= 11 is 0. The van der Waals surface area contributed by atoms with Gasteiger partial charge in [0.2, 0.25) is 5.91 Å². The summed E-state index contributed by atoms with van der Waals surface area (Å²) in [5.41, 5.74) is 0.718. The average Bonchev–Trinajstić information content (AvgIpc) is 2.91. The van der Waals surface area contributed by atoms with Crippen LogP contribution in [0.2, 0.25) is 0 Å². The summed E-state index contributed by atoms with van der Waals surface area (Å²) < 4.78 is 5.54. The van der Waals surface area contributed by atoms with Gasteiger partial charge >= 0.3 is 0 Å². The highest BCUT2D eigenvalue weighted by molar-refractivity contribution is 5.82. The van der Waals surface area contributed by atoms with Gasteiger partial charge in [-0.1, -0.05) is 12.1 Å². The number of benzene rings is 1. The van der Waals surface area contributed by atoms with Gasteiger partial charge in [-0.05, 0) is 38.0 Å². The van der Waals surface area contributed by atoms with Gasteiger partial charge in [0.1, 0.15) is 5.75 Å². The summed E-state index contributed by atoms with van der Waals surface area (Å²) in [5.74, 6) is 0.550. The Morgan fingerprint density at radius 2 is 2.09 bits per heavy atom. The number of carbonyl (C=O) groups is 1. The molecule has 3 unspecified atom stereocenters. The van der Waals surface area contributed by atoms with Crippen molar-refractivity contribution >= 4 is 5.91 Å². The number of aliphatic hydroxyl groups is 2. The molecule has 22 heavy (non-hydrogen) atoms. The van der Waals surface area contributed by atoms with Crippen LogP contribution in [0.1, 0.15) is 31.9 Å². The van der Waals surface area contributed by atoms with Crippen LogP contribution in [0, 0.1) is 0 Å². The lowest BCUT2D eigenvalue weighted by Crippen LogP contribution is -2.41. The summed E-state index contributed by atoms with van der Waals surface area (Å²) in [4.78, 5) is 11.9. The molecule has 0 radical (unpaired) electrons. The van der Waals surface area contributed by atoms with Crippen LogP contribution >= 0.6 is 0 Å². The molecule has 1 aromatic carbocycles. The van der Waals surface area contributed by atoms with E-state index in [9.17, 15) is 15.0 Å². The average molecular weight is 308 g/mol. The minimum Gasteiger partial charge on any atom is -0.491 e. The molecule has 1 saturated heterocycles. The highest BCUT2D eigenvalue weighted by atomic mass is 16.5. The summed E-state index contributed by atoms with van der Waals surface area (Å²) in [5, 5.41) is 25.1. The zero-order valence-electron chi connectivity index (χ0n) is 13.0. The van der Waals surface area contributed by atoms with Gasteiger partial charge in [0.15, 0.2) is 0 Å². The maximum Gasteiger partial charge on any atom is 0.237 e. The molecule has 122 valence electrons. The van der Waals surface area contributed by atoms with E-state index in [0.717, 1.165) is 11.3 Å². The van der Waals surface area contributed by atoms with E-state index in [0.29, 0.717) is 13.0 Å². The van der Waals surface area contributed by atoms with Crippen molar-refractivity contribution in [2.75, 3.05) is 13.1 Å². The third-order valence-electron chi connectivity index (χ3n) is 3.53. The van der Waals surface area contributed by atoms with E-state index in [1.807, 2.05) is 13.8 Å². The minimum atomic E-state index is -0.775. The van der Waals surface area contributed by atoms with E-state index in [1.165, 1.54) is 0 Å². The van der Waals surface area contributed by atoms with E-state index < -0.39 is 12.2 Å². The van der Waals surface area contributed by atoms with Gasteiger partial charge in [0.25, 0.3) is 0 Å². The number of carbonyl (C=O) groups excluding carboxylic acids is 1. The van der Waals surface area contributed by atoms with Crippen molar-refractivity contribution in [3.05, 3.63) is 29.8 Å². The Labute approximate surface area is 130 Å². The molecule has 1 amide bonds. The fraction of sp³-hybridized carbons (Fsp3) is 0.562. The molecule has 3 atom stereocenters. The molecule has 1 heterocycles. The number of aliphatic hydroxyl groups excluding tert-OH is 2. The molecule has 0 saturated carbocycles. The largest absolute Gasteiger partial charge is 0.491 e. The third kappa shape index (κ3) is 4.69. The normalized spacial score (nSPS) is 22.6. The van der Waals surface area contributed by atoms with Gasteiger partial charge in [-0.25, -0.2) is 0 Å². The molecule has 1 fully saturated rings. The minimum absolute atomic E-state index is 0.101. The predicted molar refractivity (Wildman–Crippen MR) is 82.6 cm³/mol. The highest BCUT2D eigenvalue weighted by Gasteiger charge is 2.28. The Balaban J connectivity index is 1.81. The van der Waals surface area contributed by atoms with Crippen LogP contribution in [0.5, 0.6) is 5.75 Å². The van der Waals surface area contributed by atoms with E-state index in [1.54, 1.807) is 24.3 Å². The Hall–Kier alpha value is -1.63. The molecular formula is C16H24N2O4. The first-order valence-electron chi connectivity index (χ1n) is 7.59. The van der Waals surface area contributed by atoms with Crippen molar-refractivity contribution in [1.29, 1.82) is 0 Å². The number of nitrogens with one attached hydrogen (secondary N) is 2. The van der Waals surface area contributed by atoms with Crippen molar-refractivity contribution in [3.8, 4) is 5.75 Å². The van der Waals surface area contributed by atoms with E-state index in [2.05, 4.69) is 10.6 Å². The molecule has 2 rings (SSSR count). The van der Waals surface area contributed by atoms with Crippen molar-refractivity contribution in [1.82, 2.24) is 10.6 Å². The van der Waals surface area contributed by atoms with Crippen LogP contribution < -0.4 is 15.4 Å². The molecule has 0 aromatic heterocycles. The molecule has 1 aromatic rings. The molecule has 1 aliphatic heterocycles. The zero-order chi connectivity index (χ0) is 16.1. The number of rotatable bonds is 6. The Bertz CT molecular complexity index is 489. The van der Waals surface area contributed by atoms with Gasteiger partial charge in [0, 0.05) is 13.1 Å². The quantitative estimate of drug-likeness (QED) is 0.609. The summed E-state index contributed by atoms with van der Waals surface area (Å²) in [6.45, 7) is 4.47. The van der Waals surface area contributed by atoms with E-state index in [4.69, 9.17) is 4.74 Å². The van der Waals surface area contributed by atoms with Gasteiger partial charge in [-0.3, -0.25) is 4.79 Å². The van der Waals surface area contributed by atoms with Crippen LogP contribution in [0.4, 0.5) is 0 Å². The van der Waals surface area contributed by atoms with Gasteiger partial charge in [-0.15, -0.1) is 0 Å². The van der Waals surface area contributed by atoms with Gasteiger partial charge < -0.3 is 25.6 Å². The SMILES string of the molecule is CC(C)Oc1ccc(C(O)CNC(=O)C2CC(O)CN2)cc1. The van der Waals surface area contributed by atoms with Crippen molar-refractivity contribution in [2.24, 2.45) is 0 Å². The van der Waals surface area contributed by atoms with Crippen molar-refractivity contribution in [2.45, 2.75) is 44.6 Å². The molecule has 6 heteroatoms. The van der Waals surface area contributed by atoms with Crippen LogP contribution in [0.15, 0.2) is 24.3 Å². The summed E-state index contributed by atoms with van der Waals surface area (Å²) in [6, 6.07) is 6.78. The monoisotopic (exact) mass is 308 g/mol. The van der Waals surface area contributed by atoms with Crippen LogP contribution in [-0.2, 0) is 4.79 Å². The predicted octanol–water partition coefficient (Wildman–Crippen LogP) is 0.346. The standard InChI is InChI=1S/C16H24N2O4/c1-10(2)22-13-5-3-11(4-6-13)15(20)9-18-16(21)14-7-12(19)8-17-14/h3-6,10,12,14-15,17,19-20H,7-9H2,1-2H3,(H,18,21). The van der Waals surface area contributed by atoms with Crippen LogP contribution in [0.25, 0.3) is 0 Å². The van der Waals surface area contributed by atoms with Crippen LogP contribution in [-0.4, -0.2) is 47.5 Å². The number of amides is 1. The Morgan fingerprint density at radius 1 is 1.41 bits per heavy atom. The van der Waals surface area contributed by atoms with Crippen molar-refractivity contribution < 1.29 is 19.7 Å². The Kier molecular flexibility index (Phi) is 5.76. The fourth-order valence-corrected chi connectivity index (χ4v) is 2.40. The second kappa shape index (κ2) is 7.58. The molecule has 4 N–H and O–H groups in total. The lowest BCUT2D eigenvalue weighted by atomic mass is 10.1. The molecular weight excluding hydrogens is 284 g/mol. The molecule has 0 bridgehead atoms. The lowest BCUT2D eigenvalue weighted by molar-refractivity contribution is -0.123. The number of ether oxygens (including phenoxy) is 1. The molecule has 0 spiro atoms. The fourth-order valence-electron chi connectivity index (χ4n) is 2.40. The second-order valence-corrected chi connectivity index (χ2v) is 5.85. The lowest BCUT2D eigenvalue weighted by Gasteiger charge is -2.16. The third-order valence-corrected chi connectivity index (χ3v) is 3.53. The Morgan fingerprint density at radius 3 is 2.64 bits per heavy atom. The molecule has 6 nitrogen and oxygen atoms in total. The highest BCUT2D eigenvalue weighted by Crippen LogP contribution is 2.18. The van der Waals surface area contributed by atoms with E-state index in [-0.39, 0.29) is 24.6 Å². The summed E-state index contributed by atoms with van der Waals surface area (Å²) in [6.07, 6.45) is -0.745. The van der Waals surface area contributed by atoms with Crippen molar-refractivity contribution in [3.63, 3.8) is 0 Å². The van der Waals surface area contributed by atoms with Crippen LogP contribution in [0.3, 0.4) is 0 Å². The van der Waals surface area contributed by atoms with E-state index >= 15 is 0 Å². The first-order valence-corrected chi connectivity index (χ1v) is 7.59. The second-order valence-electron chi connectivity index (χ2n) is 5.85. The first-order chi connectivity index (χ1) is 10.5. The first kappa shape index (κ1) is 16.7. The maximum atomic E-state index is 11.9. The topological polar surface area (TPSA) is 90.8 Å². The number of hydrogen-bond acceptors (Lipinski definition) is 5. The summed E-state index contributed by atoms with van der Waals surface area (Å²) in [7, 11) is 0. The van der Waals surface area contributed by atoms with Gasteiger partial charge in [0.05, 0.1) is 24.4 Å². The maximum absolute atomic E-state index is 11.9. The zero-order valence-corrected chi connectivity index (χ0v) is 13.0. The smallest absolute Gasteiger partial charge is 0.237 e.